The summed E-state index contributed by atoms with van der Waals surface area (Å²) in [4.78, 5) is 35.9. The van der Waals surface area contributed by atoms with Crippen molar-refractivity contribution in [2.24, 2.45) is 0 Å². The van der Waals surface area contributed by atoms with Crippen LogP contribution in [-0.2, 0) is 25.4 Å². The highest BCUT2D eigenvalue weighted by Crippen LogP contribution is 2.36. The van der Waals surface area contributed by atoms with Crippen LogP contribution in [-0.4, -0.2) is 61.8 Å². The van der Waals surface area contributed by atoms with Crippen LogP contribution >= 0.6 is 0 Å². The standard InChI is InChI=1S/C21H34N2O7Si/c1-21(2,3)31(4,5)30-12-11-16(19(26)27)22-18(25)17(13-24)23-20(28)29-14-15-9-7-6-8-10-15/h6-10,16-17,24H,11-14H2,1-5H3,(H,22,25)(H,23,28)(H,26,27)/t16-,17+/m1/s1. The zero-order valence-electron chi connectivity index (χ0n) is 18.8. The molecule has 1 aromatic rings. The summed E-state index contributed by atoms with van der Waals surface area (Å²) in [5.74, 6) is -2.05. The van der Waals surface area contributed by atoms with E-state index in [9.17, 15) is 24.6 Å². The molecular formula is C21H34N2O7Si. The molecule has 0 aliphatic heterocycles. The molecule has 2 atom stereocenters. The fraction of sp³-hybridized carbons (Fsp3) is 0.571. The average molecular weight is 455 g/mol. The third-order valence-corrected chi connectivity index (χ3v) is 9.83. The van der Waals surface area contributed by atoms with Crippen molar-refractivity contribution in [1.82, 2.24) is 10.6 Å². The lowest BCUT2D eigenvalue weighted by atomic mass is 10.2. The number of hydrogen-bond acceptors (Lipinski definition) is 6. The largest absolute Gasteiger partial charge is 0.480 e. The Labute approximate surface area is 184 Å². The maximum absolute atomic E-state index is 12.4. The Morgan fingerprint density at radius 1 is 1.06 bits per heavy atom. The van der Waals surface area contributed by atoms with Crippen LogP contribution in [0.25, 0.3) is 0 Å². The van der Waals surface area contributed by atoms with E-state index < -0.39 is 45.0 Å². The fourth-order valence-corrected chi connectivity index (χ4v) is 3.34. The van der Waals surface area contributed by atoms with Crippen LogP contribution in [0.4, 0.5) is 4.79 Å². The van der Waals surface area contributed by atoms with Crippen molar-refractivity contribution in [2.45, 2.75) is 64.0 Å². The lowest BCUT2D eigenvalue weighted by molar-refractivity contribution is -0.142. The molecule has 10 heteroatoms. The molecule has 0 heterocycles. The van der Waals surface area contributed by atoms with E-state index in [-0.39, 0.29) is 24.7 Å². The summed E-state index contributed by atoms with van der Waals surface area (Å²) in [6.07, 6.45) is -0.837. The maximum Gasteiger partial charge on any atom is 0.408 e. The molecule has 0 aliphatic rings. The molecule has 4 N–H and O–H groups in total. The van der Waals surface area contributed by atoms with Gasteiger partial charge in [0.05, 0.1) is 6.61 Å². The van der Waals surface area contributed by atoms with Crippen molar-refractivity contribution >= 4 is 26.3 Å². The highest BCUT2D eigenvalue weighted by Gasteiger charge is 2.37. The molecular weight excluding hydrogens is 420 g/mol. The summed E-state index contributed by atoms with van der Waals surface area (Å²) in [6, 6.07) is 6.40. The first-order valence-electron chi connectivity index (χ1n) is 10.1. The van der Waals surface area contributed by atoms with Crippen LogP contribution in [0.2, 0.25) is 18.1 Å². The Hall–Kier alpha value is -2.43. The van der Waals surface area contributed by atoms with Crippen molar-refractivity contribution in [3.8, 4) is 0 Å². The minimum Gasteiger partial charge on any atom is -0.480 e. The number of carbonyl (C=O) groups excluding carboxylic acids is 2. The first-order valence-corrected chi connectivity index (χ1v) is 13.0. The van der Waals surface area contributed by atoms with Gasteiger partial charge >= 0.3 is 12.1 Å². The summed E-state index contributed by atoms with van der Waals surface area (Å²) in [6.45, 7) is 9.78. The second kappa shape index (κ2) is 11.8. The second-order valence-corrected chi connectivity index (χ2v) is 13.5. The van der Waals surface area contributed by atoms with Gasteiger partial charge < -0.3 is 30.0 Å². The Morgan fingerprint density at radius 3 is 2.19 bits per heavy atom. The van der Waals surface area contributed by atoms with Gasteiger partial charge in [0, 0.05) is 13.0 Å². The summed E-state index contributed by atoms with van der Waals surface area (Å²) < 4.78 is 11.0. The molecule has 1 rings (SSSR count). The summed E-state index contributed by atoms with van der Waals surface area (Å²) in [5.41, 5.74) is 0.760. The summed E-state index contributed by atoms with van der Waals surface area (Å²) in [7, 11) is -2.05. The quantitative estimate of drug-likeness (QED) is 0.377. The summed E-state index contributed by atoms with van der Waals surface area (Å²) in [5, 5.41) is 23.4. The molecule has 0 spiro atoms. The molecule has 9 nitrogen and oxygen atoms in total. The molecule has 174 valence electrons. The van der Waals surface area contributed by atoms with E-state index in [2.05, 4.69) is 31.4 Å². The van der Waals surface area contributed by atoms with Crippen LogP contribution in [0.3, 0.4) is 0 Å². The van der Waals surface area contributed by atoms with E-state index in [1.54, 1.807) is 24.3 Å². The van der Waals surface area contributed by atoms with Crippen molar-refractivity contribution in [3.63, 3.8) is 0 Å². The number of nitrogens with one attached hydrogen (secondary N) is 2. The number of aliphatic carboxylic acids is 1. The van der Waals surface area contributed by atoms with Gasteiger partial charge in [0.25, 0.3) is 0 Å². The average Bonchev–Trinajstić information content (AvgIpc) is 2.69. The number of rotatable bonds is 11. The van der Waals surface area contributed by atoms with E-state index >= 15 is 0 Å². The second-order valence-electron chi connectivity index (χ2n) is 8.74. The molecule has 0 aromatic heterocycles. The van der Waals surface area contributed by atoms with Crippen LogP contribution in [0.5, 0.6) is 0 Å². The molecule has 0 radical (unpaired) electrons. The summed E-state index contributed by atoms with van der Waals surface area (Å²) >= 11 is 0. The molecule has 0 saturated heterocycles. The van der Waals surface area contributed by atoms with Crippen molar-refractivity contribution in [3.05, 3.63) is 35.9 Å². The van der Waals surface area contributed by atoms with E-state index in [1.807, 2.05) is 19.2 Å². The number of carboxylic acid groups (broad SMARTS) is 1. The van der Waals surface area contributed by atoms with Gasteiger partial charge in [-0.3, -0.25) is 4.79 Å². The fourth-order valence-electron chi connectivity index (χ4n) is 2.28. The molecule has 0 saturated carbocycles. The third kappa shape index (κ3) is 9.07. The number of alkyl carbamates (subject to hydrolysis) is 1. The molecule has 0 fully saturated rings. The van der Waals surface area contributed by atoms with Crippen LogP contribution in [0.1, 0.15) is 32.8 Å². The molecule has 0 unspecified atom stereocenters. The van der Waals surface area contributed by atoms with Crippen molar-refractivity contribution in [2.75, 3.05) is 13.2 Å². The van der Waals surface area contributed by atoms with Gasteiger partial charge in [-0.2, -0.15) is 0 Å². The number of amides is 2. The number of hydrogen-bond donors (Lipinski definition) is 4. The number of carbonyl (C=O) groups is 3. The maximum atomic E-state index is 12.4. The van der Waals surface area contributed by atoms with Gasteiger partial charge in [-0.1, -0.05) is 51.1 Å². The molecule has 2 amide bonds. The van der Waals surface area contributed by atoms with E-state index in [0.29, 0.717) is 0 Å². The molecule has 31 heavy (non-hydrogen) atoms. The van der Waals surface area contributed by atoms with Crippen molar-refractivity contribution in [1.29, 1.82) is 0 Å². The van der Waals surface area contributed by atoms with Gasteiger partial charge in [0.15, 0.2) is 8.32 Å². The number of carboxylic acids is 1. The van der Waals surface area contributed by atoms with Crippen LogP contribution < -0.4 is 10.6 Å². The first kappa shape index (κ1) is 26.6. The SMILES string of the molecule is CC(C)(C)[Si](C)(C)OCC[C@@H](NC(=O)[C@H](CO)NC(=O)OCc1ccccc1)C(=O)O. The Morgan fingerprint density at radius 2 is 1.68 bits per heavy atom. The topological polar surface area (TPSA) is 134 Å². The minimum absolute atomic E-state index is 0.00498. The monoisotopic (exact) mass is 454 g/mol. The van der Waals surface area contributed by atoms with E-state index in [1.165, 1.54) is 0 Å². The number of ether oxygens (including phenoxy) is 1. The predicted molar refractivity (Wildman–Crippen MR) is 118 cm³/mol. The lowest BCUT2D eigenvalue weighted by Crippen LogP contribution is -2.53. The van der Waals surface area contributed by atoms with Gasteiger partial charge in [-0.15, -0.1) is 0 Å². The number of benzene rings is 1. The molecule has 0 aliphatic carbocycles. The molecule has 1 aromatic carbocycles. The zero-order valence-corrected chi connectivity index (χ0v) is 19.8. The Bertz CT molecular complexity index is 735. The number of aliphatic hydroxyl groups is 1. The van der Waals surface area contributed by atoms with Gasteiger partial charge in [0.1, 0.15) is 18.7 Å². The van der Waals surface area contributed by atoms with Gasteiger partial charge in [0.2, 0.25) is 5.91 Å². The molecule has 0 bridgehead atoms. The van der Waals surface area contributed by atoms with Crippen molar-refractivity contribution < 1.29 is 33.8 Å². The number of aliphatic hydroxyl groups excluding tert-OH is 1. The lowest BCUT2D eigenvalue weighted by Gasteiger charge is -2.36. The highest BCUT2D eigenvalue weighted by atomic mass is 28.4. The van der Waals surface area contributed by atoms with Gasteiger partial charge in [-0.05, 0) is 23.7 Å². The van der Waals surface area contributed by atoms with Gasteiger partial charge in [-0.25, -0.2) is 9.59 Å². The van der Waals surface area contributed by atoms with E-state index in [0.717, 1.165) is 5.56 Å². The normalized spacial score (nSPS) is 13.7. The highest BCUT2D eigenvalue weighted by molar-refractivity contribution is 6.74. The zero-order chi connectivity index (χ0) is 23.7. The Kier molecular flexibility index (Phi) is 10.1. The first-order chi connectivity index (χ1) is 14.4. The van der Waals surface area contributed by atoms with Crippen LogP contribution in [0, 0.1) is 0 Å². The minimum atomic E-state index is -2.05. The predicted octanol–water partition coefficient (Wildman–Crippen LogP) is 2.25. The smallest absolute Gasteiger partial charge is 0.408 e. The third-order valence-electron chi connectivity index (χ3n) is 5.29. The Balaban J connectivity index is 2.57. The van der Waals surface area contributed by atoms with E-state index in [4.69, 9.17) is 9.16 Å². The van der Waals surface area contributed by atoms with Crippen LogP contribution in [0.15, 0.2) is 30.3 Å².